The van der Waals surface area contributed by atoms with Gasteiger partial charge in [-0.05, 0) is 29.3 Å². The minimum absolute atomic E-state index is 0.0512. The summed E-state index contributed by atoms with van der Waals surface area (Å²) in [5.41, 5.74) is 3.07. The van der Waals surface area contributed by atoms with Crippen LogP contribution in [0.25, 0.3) is 0 Å². The summed E-state index contributed by atoms with van der Waals surface area (Å²) in [6.07, 6.45) is 0.287. The third-order valence-electron chi connectivity index (χ3n) is 5.98. The molecule has 2 aromatic carbocycles. The van der Waals surface area contributed by atoms with E-state index in [4.69, 9.17) is 16.3 Å². The van der Waals surface area contributed by atoms with Gasteiger partial charge in [-0.25, -0.2) is 0 Å². The van der Waals surface area contributed by atoms with Crippen LogP contribution in [-0.2, 0) is 29.1 Å². The van der Waals surface area contributed by atoms with Gasteiger partial charge in [0.15, 0.2) is 0 Å². The molecule has 2 aliphatic heterocycles. The van der Waals surface area contributed by atoms with E-state index in [9.17, 15) is 9.59 Å². The standard InChI is InChI=1S/C24H28ClN3O3/c1-18(29)27-10-8-26(9-11-27)16-19-6-7-23-21(14-19)17-28(12-13-31-23)24(30)15-20-4-2-3-5-22(20)25/h2-7,14H,8-13,15-17H2,1H3. The summed E-state index contributed by atoms with van der Waals surface area (Å²) in [5.74, 6) is 1.04. The molecule has 0 unspecified atom stereocenters. The number of ether oxygens (including phenoxy) is 1. The number of carbonyl (C=O) groups excluding carboxylic acids is 2. The summed E-state index contributed by atoms with van der Waals surface area (Å²) in [4.78, 5) is 30.6. The van der Waals surface area contributed by atoms with E-state index >= 15 is 0 Å². The van der Waals surface area contributed by atoms with Crippen LogP contribution in [0.3, 0.4) is 0 Å². The monoisotopic (exact) mass is 441 g/mol. The highest BCUT2D eigenvalue weighted by molar-refractivity contribution is 6.31. The maximum absolute atomic E-state index is 12.9. The van der Waals surface area contributed by atoms with E-state index in [1.54, 1.807) is 6.92 Å². The van der Waals surface area contributed by atoms with Crippen LogP contribution in [0.4, 0.5) is 0 Å². The number of piperazine rings is 1. The molecule has 31 heavy (non-hydrogen) atoms. The van der Waals surface area contributed by atoms with E-state index in [-0.39, 0.29) is 18.2 Å². The first-order valence-corrected chi connectivity index (χ1v) is 11.1. The number of hydrogen-bond donors (Lipinski definition) is 0. The molecule has 1 saturated heterocycles. The van der Waals surface area contributed by atoms with Crippen LogP contribution < -0.4 is 4.74 Å². The average molecular weight is 442 g/mol. The van der Waals surface area contributed by atoms with E-state index in [0.29, 0.717) is 24.7 Å². The molecule has 164 valence electrons. The smallest absolute Gasteiger partial charge is 0.227 e. The second kappa shape index (κ2) is 9.71. The van der Waals surface area contributed by atoms with Crippen LogP contribution in [0.1, 0.15) is 23.6 Å². The number of rotatable bonds is 4. The predicted octanol–water partition coefficient (Wildman–Crippen LogP) is 2.97. The van der Waals surface area contributed by atoms with Crippen LogP contribution in [-0.4, -0.2) is 65.8 Å². The van der Waals surface area contributed by atoms with Crippen LogP contribution in [0.5, 0.6) is 5.75 Å². The maximum Gasteiger partial charge on any atom is 0.227 e. The molecule has 2 aromatic rings. The highest BCUT2D eigenvalue weighted by Crippen LogP contribution is 2.26. The van der Waals surface area contributed by atoms with Gasteiger partial charge in [-0.2, -0.15) is 0 Å². The first-order chi connectivity index (χ1) is 15.0. The minimum Gasteiger partial charge on any atom is -0.491 e. The van der Waals surface area contributed by atoms with E-state index in [2.05, 4.69) is 17.0 Å². The van der Waals surface area contributed by atoms with Crippen molar-refractivity contribution in [3.63, 3.8) is 0 Å². The molecule has 0 atom stereocenters. The lowest BCUT2D eigenvalue weighted by molar-refractivity contribution is -0.131. The fourth-order valence-corrected chi connectivity index (χ4v) is 4.36. The maximum atomic E-state index is 12.9. The van der Waals surface area contributed by atoms with Gasteiger partial charge in [0.25, 0.3) is 0 Å². The molecule has 2 aliphatic rings. The lowest BCUT2D eigenvalue weighted by atomic mass is 10.1. The van der Waals surface area contributed by atoms with Crippen LogP contribution in [0.15, 0.2) is 42.5 Å². The highest BCUT2D eigenvalue weighted by atomic mass is 35.5. The Balaban J connectivity index is 1.41. The molecule has 0 spiro atoms. The van der Waals surface area contributed by atoms with Crippen molar-refractivity contribution in [1.82, 2.24) is 14.7 Å². The fourth-order valence-electron chi connectivity index (χ4n) is 4.15. The Morgan fingerprint density at radius 1 is 1.00 bits per heavy atom. The third-order valence-corrected chi connectivity index (χ3v) is 6.35. The van der Waals surface area contributed by atoms with Gasteiger partial charge in [0, 0.05) is 56.8 Å². The normalized spacial score (nSPS) is 17.0. The molecule has 4 rings (SSSR count). The van der Waals surface area contributed by atoms with Crippen molar-refractivity contribution in [2.75, 3.05) is 39.3 Å². The Kier molecular flexibility index (Phi) is 6.78. The second-order valence-corrected chi connectivity index (χ2v) is 8.56. The van der Waals surface area contributed by atoms with Crippen molar-refractivity contribution in [2.45, 2.75) is 26.4 Å². The van der Waals surface area contributed by atoms with Crippen LogP contribution in [0, 0.1) is 0 Å². The summed E-state index contributed by atoms with van der Waals surface area (Å²) in [6.45, 7) is 7.30. The number of nitrogens with zero attached hydrogens (tertiary/aromatic N) is 3. The molecule has 0 aliphatic carbocycles. The van der Waals surface area contributed by atoms with Crippen molar-refractivity contribution in [2.24, 2.45) is 0 Å². The summed E-state index contributed by atoms with van der Waals surface area (Å²) in [6, 6.07) is 13.7. The quantitative estimate of drug-likeness (QED) is 0.732. The molecular weight excluding hydrogens is 414 g/mol. The molecule has 0 N–H and O–H groups in total. The third kappa shape index (κ3) is 5.38. The van der Waals surface area contributed by atoms with Gasteiger partial charge in [0.05, 0.1) is 13.0 Å². The fraction of sp³-hybridized carbons (Fsp3) is 0.417. The van der Waals surface area contributed by atoms with Gasteiger partial charge in [0.2, 0.25) is 11.8 Å². The van der Waals surface area contributed by atoms with E-state index in [1.807, 2.05) is 40.1 Å². The number of fused-ring (bicyclic) bond motifs is 1. The number of hydrogen-bond acceptors (Lipinski definition) is 4. The predicted molar refractivity (Wildman–Crippen MR) is 120 cm³/mol. The zero-order chi connectivity index (χ0) is 21.8. The average Bonchev–Trinajstić information content (AvgIpc) is 2.98. The molecule has 1 fully saturated rings. The first-order valence-electron chi connectivity index (χ1n) is 10.7. The van der Waals surface area contributed by atoms with Crippen molar-refractivity contribution < 1.29 is 14.3 Å². The molecule has 0 bridgehead atoms. The molecular formula is C24H28ClN3O3. The van der Waals surface area contributed by atoms with Gasteiger partial charge in [0.1, 0.15) is 12.4 Å². The Labute approximate surface area is 188 Å². The first kappa shape index (κ1) is 21.7. The van der Waals surface area contributed by atoms with Crippen molar-refractivity contribution in [1.29, 1.82) is 0 Å². The van der Waals surface area contributed by atoms with Crippen molar-refractivity contribution in [3.8, 4) is 5.75 Å². The van der Waals surface area contributed by atoms with Gasteiger partial charge < -0.3 is 14.5 Å². The van der Waals surface area contributed by atoms with Gasteiger partial charge in [-0.1, -0.05) is 35.9 Å². The molecule has 0 saturated carbocycles. The number of halogens is 1. The van der Waals surface area contributed by atoms with E-state index < -0.39 is 0 Å². The number of amides is 2. The lowest BCUT2D eigenvalue weighted by Crippen LogP contribution is -2.47. The van der Waals surface area contributed by atoms with Gasteiger partial charge in [-0.15, -0.1) is 0 Å². The second-order valence-electron chi connectivity index (χ2n) is 8.16. The number of carbonyl (C=O) groups is 2. The largest absolute Gasteiger partial charge is 0.491 e. The SMILES string of the molecule is CC(=O)N1CCN(Cc2ccc3c(c2)CN(C(=O)Cc2ccccc2Cl)CCO3)CC1. The van der Waals surface area contributed by atoms with Crippen molar-refractivity contribution in [3.05, 3.63) is 64.2 Å². The Morgan fingerprint density at radius 3 is 2.52 bits per heavy atom. The molecule has 2 amide bonds. The molecule has 7 heteroatoms. The van der Waals surface area contributed by atoms with Crippen LogP contribution >= 0.6 is 11.6 Å². The summed E-state index contributed by atoms with van der Waals surface area (Å²) in [5, 5.41) is 0.620. The van der Waals surface area contributed by atoms with Crippen LogP contribution in [0.2, 0.25) is 5.02 Å². The zero-order valence-corrected chi connectivity index (χ0v) is 18.6. The molecule has 0 aromatic heterocycles. The summed E-state index contributed by atoms with van der Waals surface area (Å²) >= 11 is 6.24. The van der Waals surface area contributed by atoms with Crippen molar-refractivity contribution >= 4 is 23.4 Å². The molecule has 6 nitrogen and oxygen atoms in total. The van der Waals surface area contributed by atoms with E-state index in [0.717, 1.165) is 49.6 Å². The lowest BCUT2D eigenvalue weighted by Gasteiger charge is -2.34. The number of benzene rings is 2. The highest BCUT2D eigenvalue weighted by Gasteiger charge is 2.22. The topological polar surface area (TPSA) is 53.1 Å². The molecule has 0 radical (unpaired) electrons. The Morgan fingerprint density at radius 2 is 1.77 bits per heavy atom. The molecule has 2 heterocycles. The minimum atomic E-state index is 0.0512. The summed E-state index contributed by atoms with van der Waals surface area (Å²) in [7, 11) is 0. The Hall–Kier alpha value is -2.57. The van der Waals surface area contributed by atoms with E-state index in [1.165, 1.54) is 5.56 Å². The van der Waals surface area contributed by atoms with Gasteiger partial charge in [-0.3, -0.25) is 14.5 Å². The Bertz CT molecular complexity index is 957. The zero-order valence-electron chi connectivity index (χ0n) is 17.8. The summed E-state index contributed by atoms with van der Waals surface area (Å²) < 4.78 is 5.91. The van der Waals surface area contributed by atoms with Gasteiger partial charge >= 0.3 is 0 Å².